The molecule has 0 saturated heterocycles. The van der Waals surface area contributed by atoms with Gasteiger partial charge in [0.1, 0.15) is 0 Å². The smallest absolute Gasteiger partial charge is 0.0435 e. The van der Waals surface area contributed by atoms with Crippen LogP contribution in [0.1, 0.15) is 136 Å². The minimum Gasteiger partial charge on any atom is -0.300 e. The number of rotatable bonds is 24. The monoisotopic (exact) mass is 501 g/mol. The molecule has 0 aromatic carbocycles. The average molecular weight is 502 g/mol. The van der Waals surface area contributed by atoms with Crippen molar-refractivity contribution in [1.29, 1.82) is 0 Å². The van der Waals surface area contributed by atoms with Crippen LogP contribution in [0.5, 0.6) is 0 Å². The van der Waals surface area contributed by atoms with Crippen molar-refractivity contribution < 1.29 is 0 Å². The molecule has 0 bridgehead atoms. The molecule has 0 aromatic rings. The first kappa shape index (κ1) is 34.2. The predicted octanol–water partition coefficient (Wildman–Crippen LogP) is 8.40. The average Bonchev–Trinajstić information content (AvgIpc) is 3.56. The summed E-state index contributed by atoms with van der Waals surface area (Å²) in [6, 6.07) is 2.20. The maximum absolute atomic E-state index is 2.71. The topological polar surface area (TPSA) is 9.72 Å². The van der Waals surface area contributed by atoms with Crippen LogP contribution in [0.2, 0.25) is 0 Å². The first-order valence-electron chi connectivity index (χ1n) is 15.2. The van der Waals surface area contributed by atoms with E-state index >= 15 is 0 Å². The molecule has 0 unspecified atom stereocenters. The van der Waals surface area contributed by atoms with E-state index in [1.54, 1.807) is 0 Å². The van der Waals surface area contributed by atoms with Gasteiger partial charge >= 0.3 is 0 Å². The zero-order chi connectivity index (χ0) is 24.3. The number of nitrogens with zero attached hydrogens (tertiary/aromatic N) is 3. The van der Waals surface area contributed by atoms with Crippen LogP contribution in [-0.2, 0) is 0 Å². The number of unbranched alkanes of at least 4 members (excludes halogenated alkanes) is 15. The van der Waals surface area contributed by atoms with Gasteiger partial charge in [0, 0.05) is 18.1 Å². The molecule has 0 spiro atoms. The van der Waals surface area contributed by atoms with Crippen LogP contribution in [0, 0.1) is 0 Å². The molecule has 1 fully saturated rings. The lowest BCUT2D eigenvalue weighted by Crippen LogP contribution is -2.32. The SMILES string of the molecule is CCCCCCCCN(C)C1C(N(C)CCCCCCCC)C1N(C)CCCCCCCC.Cl. The Balaban J connectivity index is 0.0000109. The number of likely N-dealkylation sites (N-methyl/N-ethyl adjacent to an activating group) is 3. The molecule has 0 heterocycles. The van der Waals surface area contributed by atoms with Gasteiger partial charge in [0.2, 0.25) is 0 Å². The van der Waals surface area contributed by atoms with Gasteiger partial charge in [-0.25, -0.2) is 0 Å². The number of hydrogen-bond donors (Lipinski definition) is 0. The van der Waals surface area contributed by atoms with Gasteiger partial charge in [0.15, 0.2) is 0 Å². The third-order valence-electron chi connectivity index (χ3n) is 8.03. The lowest BCUT2D eigenvalue weighted by molar-refractivity contribution is 0.245. The van der Waals surface area contributed by atoms with Crippen molar-refractivity contribution in [3.63, 3.8) is 0 Å². The van der Waals surface area contributed by atoms with Crippen molar-refractivity contribution in [2.75, 3.05) is 40.8 Å². The minimum absolute atomic E-state index is 0. The quantitative estimate of drug-likeness (QED) is 0.123. The van der Waals surface area contributed by atoms with Crippen LogP contribution in [0.4, 0.5) is 0 Å². The third kappa shape index (κ3) is 14.7. The van der Waals surface area contributed by atoms with Gasteiger partial charge in [0.05, 0.1) is 0 Å². The van der Waals surface area contributed by atoms with E-state index in [9.17, 15) is 0 Å². The Labute approximate surface area is 222 Å². The zero-order valence-electron chi connectivity index (χ0n) is 24.3. The van der Waals surface area contributed by atoms with E-state index < -0.39 is 0 Å². The lowest BCUT2D eigenvalue weighted by Gasteiger charge is -2.21. The van der Waals surface area contributed by atoms with Crippen LogP contribution >= 0.6 is 12.4 Å². The Bertz CT molecular complexity index is 365. The van der Waals surface area contributed by atoms with Crippen molar-refractivity contribution in [3.8, 4) is 0 Å². The Morgan fingerprint density at radius 2 is 0.559 bits per heavy atom. The zero-order valence-corrected chi connectivity index (χ0v) is 25.1. The normalized spacial score (nSPS) is 19.9. The molecular formula is C30H64ClN3. The van der Waals surface area contributed by atoms with Crippen LogP contribution in [0.3, 0.4) is 0 Å². The molecule has 0 aliphatic heterocycles. The Morgan fingerprint density at radius 3 is 0.794 bits per heavy atom. The molecule has 4 heteroatoms. The van der Waals surface area contributed by atoms with E-state index in [0.29, 0.717) is 0 Å². The van der Waals surface area contributed by atoms with Gasteiger partial charge < -0.3 is 14.7 Å². The van der Waals surface area contributed by atoms with Crippen molar-refractivity contribution in [2.45, 2.75) is 154 Å². The van der Waals surface area contributed by atoms with Crippen LogP contribution < -0.4 is 0 Å². The number of hydrogen-bond acceptors (Lipinski definition) is 3. The van der Waals surface area contributed by atoms with Gasteiger partial charge in [-0.1, -0.05) is 117 Å². The molecule has 0 amide bonds. The van der Waals surface area contributed by atoms with E-state index in [1.807, 2.05) is 0 Å². The first-order valence-corrected chi connectivity index (χ1v) is 15.2. The van der Waals surface area contributed by atoms with E-state index in [1.165, 1.54) is 135 Å². The summed E-state index contributed by atoms with van der Waals surface area (Å²) < 4.78 is 0. The second-order valence-electron chi connectivity index (χ2n) is 11.2. The summed E-state index contributed by atoms with van der Waals surface area (Å²) >= 11 is 0. The molecular weight excluding hydrogens is 438 g/mol. The molecule has 1 saturated carbocycles. The second-order valence-corrected chi connectivity index (χ2v) is 11.2. The maximum Gasteiger partial charge on any atom is 0.0435 e. The number of halogens is 1. The van der Waals surface area contributed by atoms with Crippen LogP contribution in [0.25, 0.3) is 0 Å². The van der Waals surface area contributed by atoms with Gasteiger partial charge in [-0.05, 0) is 60.0 Å². The highest BCUT2D eigenvalue weighted by Crippen LogP contribution is 2.37. The highest BCUT2D eigenvalue weighted by molar-refractivity contribution is 5.85. The molecule has 0 radical (unpaired) electrons. The second kappa shape index (κ2) is 22.4. The Morgan fingerprint density at radius 1 is 0.353 bits per heavy atom. The van der Waals surface area contributed by atoms with Gasteiger partial charge in [-0.15, -0.1) is 12.4 Å². The predicted molar refractivity (Wildman–Crippen MR) is 157 cm³/mol. The fourth-order valence-electron chi connectivity index (χ4n) is 5.70. The summed E-state index contributed by atoms with van der Waals surface area (Å²) in [5.41, 5.74) is 0. The molecule has 206 valence electrons. The highest BCUT2D eigenvalue weighted by atomic mass is 35.5. The van der Waals surface area contributed by atoms with Crippen molar-refractivity contribution >= 4 is 12.4 Å². The van der Waals surface area contributed by atoms with Gasteiger partial charge in [-0.2, -0.15) is 0 Å². The molecule has 34 heavy (non-hydrogen) atoms. The summed E-state index contributed by atoms with van der Waals surface area (Å²) in [5, 5.41) is 0. The van der Waals surface area contributed by atoms with E-state index in [2.05, 4.69) is 56.6 Å². The van der Waals surface area contributed by atoms with Crippen molar-refractivity contribution in [1.82, 2.24) is 14.7 Å². The summed E-state index contributed by atoms with van der Waals surface area (Å²) in [4.78, 5) is 8.14. The third-order valence-corrected chi connectivity index (χ3v) is 8.03. The van der Waals surface area contributed by atoms with Crippen LogP contribution in [-0.4, -0.2) is 73.6 Å². The Hall–Kier alpha value is 0.170. The van der Waals surface area contributed by atoms with Crippen molar-refractivity contribution in [3.05, 3.63) is 0 Å². The first-order chi connectivity index (χ1) is 16.1. The standard InChI is InChI=1S/C30H63N3.ClH/c1-7-10-13-16-19-22-25-31(4)28-29(32(5)26-23-20-17-14-11-8-2)30(28)33(6)27-24-21-18-15-12-9-3;/h28-30H,7-27H2,1-6H3;1H. The summed E-state index contributed by atoms with van der Waals surface area (Å²) in [7, 11) is 7.21. The molecule has 0 atom stereocenters. The van der Waals surface area contributed by atoms with E-state index in [0.717, 1.165) is 18.1 Å². The summed E-state index contributed by atoms with van der Waals surface area (Å²) in [6.45, 7) is 10.8. The molecule has 1 rings (SSSR count). The maximum atomic E-state index is 2.71. The summed E-state index contributed by atoms with van der Waals surface area (Å²) in [5.74, 6) is 0. The van der Waals surface area contributed by atoms with E-state index in [-0.39, 0.29) is 12.4 Å². The van der Waals surface area contributed by atoms with Gasteiger partial charge in [-0.3, -0.25) is 0 Å². The lowest BCUT2D eigenvalue weighted by atomic mass is 10.1. The van der Waals surface area contributed by atoms with Crippen molar-refractivity contribution in [2.24, 2.45) is 0 Å². The van der Waals surface area contributed by atoms with E-state index in [4.69, 9.17) is 0 Å². The molecule has 0 N–H and O–H groups in total. The molecule has 1 aliphatic carbocycles. The minimum atomic E-state index is 0. The molecule has 0 aromatic heterocycles. The fourth-order valence-corrected chi connectivity index (χ4v) is 5.70. The Kier molecular flexibility index (Phi) is 22.5. The molecule has 3 nitrogen and oxygen atoms in total. The summed E-state index contributed by atoms with van der Waals surface area (Å²) in [6.07, 6.45) is 25.2. The fraction of sp³-hybridized carbons (Fsp3) is 1.00. The molecule has 1 aliphatic rings. The van der Waals surface area contributed by atoms with Crippen LogP contribution in [0.15, 0.2) is 0 Å². The highest BCUT2D eigenvalue weighted by Gasteiger charge is 2.56. The van der Waals surface area contributed by atoms with Gasteiger partial charge in [0.25, 0.3) is 0 Å². The largest absolute Gasteiger partial charge is 0.300 e.